The zero-order valence-corrected chi connectivity index (χ0v) is 14.5. The Kier molecular flexibility index (Phi) is 3.75. The molecule has 3 aromatic rings. The Morgan fingerprint density at radius 1 is 1.08 bits per heavy atom. The zero-order chi connectivity index (χ0) is 17.5. The Morgan fingerprint density at radius 3 is 2.85 bits per heavy atom. The summed E-state index contributed by atoms with van der Waals surface area (Å²) in [5.74, 6) is 1.57. The molecule has 132 valence electrons. The van der Waals surface area contributed by atoms with Crippen LogP contribution in [0.25, 0.3) is 11.3 Å². The Bertz CT molecular complexity index is 963. The van der Waals surface area contributed by atoms with Crippen LogP contribution in [-0.2, 0) is 13.1 Å². The van der Waals surface area contributed by atoms with Crippen LogP contribution in [0.2, 0.25) is 0 Å². The molecule has 0 amide bonds. The summed E-state index contributed by atoms with van der Waals surface area (Å²) in [6.07, 6.45) is 4.63. The number of fused-ring (bicyclic) bond motifs is 4. The predicted molar refractivity (Wildman–Crippen MR) is 98.8 cm³/mol. The number of nitrogens with zero attached hydrogens (tertiary/aromatic N) is 3. The molecule has 0 N–H and O–H groups in total. The molecular formula is C21H21N3O2. The molecule has 0 unspecified atom stereocenters. The first-order valence-electron chi connectivity index (χ1n) is 9.18. The second kappa shape index (κ2) is 6.25. The van der Waals surface area contributed by atoms with E-state index in [0.717, 1.165) is 44.0 Å². The van der Waals surface area contributed by atoms with Gasteiger partial charge in [-0.15, -0.1) is 0 Å². The van der Waals surface area contributed by atoms with Crippen LogP contribution >= 0.6 is 0 Å². The van der Waals surface area contributed by atoms with E-state index in [1.165, 1.54) is 0 Å². The van der Waals surface area contributed by atoms with E-state index in [1.54, 1.807) is 6.26 Å². The normalized spacial score (nSPS) is 22.2. The Labute approximate surface area is 151 Å². The molecule has 5 nitrogen and oxygen atoms in total. The molecule has 5 heterocycles. The first kappa shape index (κ1) is 15.6. The van der Waals surface area contributed by atoms with E-state index in [-0.39, 0.29) is 5.56 Å². The molecule has 0 radical (unpaired) electrons. The number of furan rings is 1. The van der Waals surface area contributed by atoms with Gasteiger partial charge in [0.05, 0.1) is 17.5 Å². The van der Waals surface area contributed by atoms with Gasteiger partial charge < -0.3 is 8.98 Å². The van der Waals surface area contributed by atoms with Crippen LogP contribution in [0.5, 0.6) is 0 Å². The molecule has 5 rings (SSSR count). The minimum Gasteiger partial charge on any atom is -0.464 e. The highest BCUT2D eigenvalue weighted by atomic mass is 16.3. The molecule has 26 heavy (non-hydrogen) atoms. The summed E-state index contributed by atoms with van der Waals surface area (Å²) < 4.78 is 7.42. The van der Waals surface area contributed by atoms with Crippen molar-refractivity contribution in [3.05, 3.63) is 76.7 Å². The fraction of sp³-hybridized carbons (Fsp3) is 0.333. The number of likely N-dealkylation sites (tertiary alicyclic amines) is 1. The van der Waals surface area contributed by atoms with Crippen LogP contribution in [0.1, 0.15) is 23.7 Å². The van der Waals surface area contributed by atoms with E-state index < -0.39 is 0 Å². The first-order valence-corrected chi connectivity index (χ1v) is 9.18. The summed E-state index contributed by atoms with van der Waals surface area (Å²) in [5, 5.41) is 0. The summed E-state index contributed by atoms with van der Waals surface area (Å²) >= 11 is 0. The van der Waals surface area contributed by atoms with Crippen molar-refractivity contribution in [2.45, 2.75) is 25.4 Å². The van der Waals surface area contributed by atoms with Gasteiger partial charge >= 0.3 is 0 Å². The summed E-state index contributed by atoms with van der Waals surface area (Å²) in [6.45, 7) is 3.66. The third-order valence-electron chi connectivity index (χ3n) is 5.58. The lowest BCUT2D eigenvalue weighted by Crippen LogP contribution is -2.47. The van der Waals surface area contributed by atoms with Crippen molar-refractivity contribution in [2.24, 2.45) is 5.92 Å². The zero-order valence-electron chi connectivity index (χ0n) is 14.5. The highest BCUT2D eigenvalue weighted by Gasteiger charge is 2.35. The molecule has 0 spiro atoms. The number of hydrogen-bond donors (Lipinski definition) is 0. The smallest absolute Gasteiger partial charge is 0.261 e. The molecule has 0 saturated carbocycles. The van der Waals surface area contributed by atoms with Crippen molar-refractivity contribution in [1.82, 2.24) is 14.5 Å². The van der Waals surface area contributed by atoms with Gasteiger partial charge in [0, 0.05) is 44.0 Å². The highest BCUT2D eigenvalue weighted by Crippen LogP contribution is 2.36. The van der Waals surface area contributed by atoms with Crippen LogP contribution in [0.15, 0.2) is 64.1 Å². The second-order valence-electron chi connectivity index (χ2n) is 7.38. The number of aromatic nitrogens is 2. The Hall–Kier alpha value is -2.66. The van der Waals surface area contributed by atoms with Crippen molar-refractivity contribution in [2.75, 3.05) is 13.1 Å². The molecule has 0 aliphatic carbocycles. The molecule has 1 fully saturated rings. The third-order valence-corrected chi connectivity index (χ3v) is 5.58. The molecule has 2 aliphatic rings. The number of pyridine rings is 2. The minimum atomic E-state index is 0.0744. The maximum absolute atomic E-state index is 13.0. The monoisotopic (exact) mass is 347 g/mol. The van der Waals surface area contributed by atoms with Crippen molar-refractivity contribution < 1.29 is 4.42 Å². The average Bonchev–Trinajstić information content (AvgIpc) is 3.18. The van der Waals surface area contributed by atoms with E-state index >= 15 is 0 Å². The minimum absolute atomic E-state index is 0.0744. The van der Waals surface area contributed by atoms with E-state index in [9.17, 15) is 4.79 Å². The topological polar surface area (TPSA) is 51.3 Å². The van der Waals surface area contributed by atoms with Crippen LogP contribution in [0, 0.1) is 5.92 Å². The van der Waals surface area contributed by atoms with Gasteiger partial charge in [0.2, 0.25) is 0 Å². The molecule has 2 atom stereocenters. The Morgan fingerprint density at radius 2 is 2.04 bits per heavy atom. The third kappa shape index (κ3) is 2.69. The van der Waals surface area contributed by atoms with Gasteiger partial charge in [-0.1, -0.05) is 6.07 Å². The summed E-state index contributed by atoms with van der Waals surface area (Å²) in [7, 11) is 0. The van der Waals surface area contributed by atoms with Crippen molar-refractivity contribution in [3.8, 4) is 11.3 Å². The fourth-order valence-electron chi connectivity index (χ4n) is 4.51. The molecule has 3 aromatic heterocycles. The van der Waals surface area contributed by atoms with E-state index in [1.807, 2.05) is 41.1 Å². The quantitative estimate of drug-likeness (QED) is 0.730. The van der Waals surface area contributed by atoms with Gasteiger partial charge in [-0.2, -0.15) is 0 Å². The number of rotatable bonds is 3. The van der Waals surface area contributed by atoms with E-state index in [4.69, 9.17) is 4.42 Å². The molecule has 1 saturated heterocycles. The molecule has 5 heteroatoms. The van der Waals surface area contributed by atoms with Gasteiger partial charge in [0.25, 0.3) is 5.56 Å². The molecule has 2 aliphatic heterocycles. The summed E-state index contributed by atoms with van der Waals surface area (Å²) in [4.78, 5) is 19.9. The predicted octanol–water partition coefficient (Wildman–Crippen LogP) is 3.12. The first-order chi connectivity index (χ1) is 12.8. The van der Waals surface area contributed by atoms with Crippen molar-refractivity contribution >= 4 is 0 Å². The molecular weight excluding hydrogens is 326 g/mol. The van der Waals surface area contributed by atoms with Gasteiger partial charge in [0.15, 0.2) is 0 Å². The van der Waals surface area contributed by atoms with Gasteiger partial charge in [-0.25, -0.2) is 0 Å². The SMILES string of the molecule is O=c1c(-c2ccco2)ccc2n1C[C@@H]1C[C@@H]2CN(Cc2ccccn2)C1. The summed E-state index contributed by atoms with van der Waals surface area (Å²) in [6, 6.07) is 13.8. The van der Waals surface area contributed by atoms with E-state index in [0.29, 0.717) is 23.2 Å². The Balaban J connectivity index is 1.44. The van der Waals surface area contributed by atoms with E-state index in [2.05, 4.69) is 22.0 Å². The van der Waals surface area contributed by atoms with Crippen LogP contribution in [0.4, 0.5) is 0 Å². The summed E-state index contributed by atoms with van der Waals surface area (Å²) in [5.41, 5.74) is 3.00. The van der Waals surface area contributed by atoms with Gasteiger partial charge in [0.1, 0.15) is 5.76 Å². The van der Waals surface area contributed by atoms with Crippen LogP contribution in [0.3, 0.4) is 0 Å². The van der Waals surface area contributed by atoms with Gasteiger partial charge in [-0.3, -0.25) is 14.7 Å². The average molecular weight is 347 g/mol. The fourth-order valence-corrected chi connectivity index (χ4v) is 4.51. The lowest BCUT2D eigenvalue weighted by atomic mass is 9.83. The second-order valence-corrected chi connectivity index (χ2v) is 7.38. The van der Waals surface area contributed by atoms with Crippen LogP contribution < -0.4 is 5.56 Å². The standard InChI is InChI=1S/C21H21N3O2/c25-21-18(20-5-3-9-26-20)6-7-19-16-10-15(12-24(19)21)11-23(13-16)14-17-4-1-2-8-22-17/h1-9,15-16H,10-14H2/t15-,16-/m1/s1. The van der Waals surface area contributed by atoms with Crippen molar-refractivity contribution in [3.63, 3.8) is 0 Å². The molecule has 0 aromatic carbocycles. The number of piperidine rings is 1. The van der Waals surface area contributed by atoms with Crippen LogP contribution in [-0.4, -0.2) is 27.5 Å². The van der Waals surface area contributed by atoms with Crippen molar-refractivity contribution in [1.29, 1.82) is 0 Å². The maximum atomic E-state index is 13.0. The lowest BCUT2D eigenvalue weighted by Gasteiger charge is -2.42. The largest absolute Gasteiger partial charge is 0.464 e. The lowest BCUT2D eigenvalue weighted by molar-refractivity contribution is 0.113. The number of hydrogen-bond acceptors (Lipinski definition) is 4. The highest BCUT2D eigenvalue weighted by molar-refractivity contribution is 5.56. The molecule has 2 bridgehead atoms. The maximum Gasteiger partial charge on any atom is 0.261 e. The van der Waals surface area contributed by atoms with Gasteiger partial charge in [-0.05, 0) is 48.7 Å².